The van der Waals surface area contributed by atoms with Crippen molar-refractivity contribution in [1.29, 1.82) is 0 Å². The summed E-state index contributed by atoms with van der Waals surface area (Å²) in [7, 11) is 0. The van der Waals surface area contributed by atoms with Gasteiger partial charge in [-0.15, -0.1) is 0 Å². The van der Waals surface area contributed by atoms with E-state index in [1.807, 2.05) is 17.0 Å². The second-order valence-electron chi connectivity index (χ2n) is 6.71. The van der Waals surface area contributed by atoms with Crippen LogP contribution in [0.15, 0.2) is 41.5 Å². The standard InChI is InChI=1S/C20H20I2N4O5/c21-17-9-15(11-23-24-19(27)12-25-4-6-30-7-5-25)10-18(22)20(17)31-13-14-2-1-3-16(8-14)26(28)29/h1-3,8-11H,4-7,12-13H2,(H,24,27)/b23-11+. The van der Waals surface area contributed by atoms with Crippen LogP contribution in [0, 0.1) is 17.3 Å². The van der Waals surface area contributed by atoms with Crippen molar-refractivity contribution in [2.75, 3.05) is 32.8 Å². The van der Waals surface area contributed by atoms with Crippen LogP contribution in [0.25, 0.3) is 0 Å². The van der Waals surface area contributed by atoms with E-state index in [-0.39, 0.29) is 18.2 Å². The molecular weight excluding hydrogens is 630 g/mol. The minimum atomic E-state index is -0.426. The molecule has 1 aliphatic rings. The topological polar surface area (TPSA) is 106 Å². The lowest BCUT2D eigenvalue weighted by Crippen LogP contribution is -2.42. The number of hydrogen-bond donors (Lipinski definition) is 1. The number of carbonyl (C=O) groups is 1. The van der Waals surface area contributed by atoms with Gasteiger partial charge >= 0.3 is 0 Å². The smallest absolute Gasteiger partial charge is 0.269 e. The van der Waals surface area contributed by atoms with Gasteiger partial charge in [0.15, 0.2) is 0 Å². The number of nitro groups is 1. The van der Waals surface area contributed by atoms with Crippen molar-refractivity contribution in [1.82, 2.24) is 10.3 Å². The summed E-state index contributed by atoms with van der Waals surface area (Å²) in [6, 6.07) is 10.2. The molecule has 1 fully saturated rings. The van der Waals surface area contributed by atoms with Crippen molar-refractivity contribution in [2.24, 2.45) is 5.10 Å². The summed E-state index contributed by atoms with van der Waals surface area (Å²) >= 11 is 4.34. The van der Waals surface area contributed by atoms with E-state index in [2.05, 4.69) is 55.7 Å². The molecule has 11 heteroatoms. The Labute approximate surface area is 206 Å². The molecule has 0 atom stereocenters. The van der Waals surface area contributed by atoms with Gasteiger partial charge in [-0.2, -0.15) is 5.10 Å². The van der Waals surface area contributed by atoms with Crippen molar-refractivity contribution in [3.05, 3.63) is 64.8 Å². The van der Waals surface area contributed by atoms with E-state index < -0.39 is 4.92 Å². The minimum Gasteiger partial charge on any atom is -0.487 e. The molecule has 1 saturated heterocycles. The fourth-order valence-corrected chi connectivity index (χ4v) is 5.01. The predicted octanol–water partition coefficient (Wildman–Crippen LogP) is 3.17. The molecule has 0 radical (unpaired) electrons. The number of halogens is 2. The van der Waals surface area contributed by atoms with Crippen LogP contribution in [0.1, 0.15) is 11.1 Å². The molecule has 31 heavy (non-hydrogen) atoms. The molecule has 1 N–H and O–H groups in total. The Morgan fingerprint density at radius 1 is 1.26 bits per heavy atom. The third-order valence-corrected chi connectivity index (χ3v) is 6.00. The largest absolute Gasteiger partial charge is 0.487 e. The van der Waals surface area contributed by atoms with Crippen LogP contribution in [0.5, 0.6) is 5.75 Å². The summed E-state index contributed by atoms with van der Waals surface area (Å²) in [5.41, 5.74) is 4.12. The zero-order chi connectivity index (χ0) is 22.2. The third kappa shape index (κ3) is 7.36. The Balaban J connectivity index is 1.56. The number of morpholine rings is 1. The highest BCUT2D eigenvalue weighted by Gasteiger charge is 2.14. The molecular formula is C20H20I2N4O5. The predicted molar refractivity (Wildman–Crippen MR) is 132 cm³/mol. The lowest BCUT2D eigenvalue weighted by molar-refractivity contribution is -0.384. The molecule has 1 heterocycles. The number of non-ortho nitro benzene ring substituents is 1. The highest BCUT2D eigenvalue weighted by Crippen LogP contribution is 2.29. The highest BCUT2D eigenvalue weighted by molar-refractivity contribution is 14.1. The average Bonchev–Trinajstić information content (AvgIpc) is 2.74. The van der Waals surface area contributed by atoms with E-state index in [0.717, 1.165) is 31.4 Å². The van der Waals surface area contributed by atoms with Gasteiger partial charge in [0.1, 0.15) is 12.4 Å². The molecule has 0 spiro atoms. The van der Waals surface area contributed by atoms with Gasteiger partial charge < -0.3 is 9.47 Å². The van der Waals surface area contributed by atoms with E-state index >= 15 is 0 Å². The first kappa shape index (κ1) is 23.8. The Hall–Kier alpha value is -1.84. The Bertz CT molecular complexity index is 957. The zero-order valence-corrected chi connectivity index (χ0v) is 20.7. The van der Waals surface area contributed by atoms with Crippen molar-refractivity contribution in [3.8, 4) is 5.75 Å². The normalized spacial score (nSPS) is 14.5. The van der Waals surface area contributed by atoms with Gasteiger partial charge in [0.05, 0.1) is 38.0 Å². The van der Waals surface area contributed by atoms with Gasteiger partial charge in [0, 0.05) is 25.2 Å². The summed E-state index contributed by atoms with van der Waals surface area (Å²) in [5, 5.41) is 15.0. The lowest BCUT2D eigenvalue weighted by Gasteiger charge is -2.25. The molecule has 0 unspecified atom stereocenters. The van der Waals surface area contributed by atoms with E-state index in [1.165, 1.54) is 12.1 Å². The first-order valence-electron chi connectivity index (χ1n) is 9.39. The molecule has 0 aliphatic carbocycles. The van der Waals surface area contributed by atoms with Crippen LogP contribution in [0.3, 0.4) is 0 Å². The Kier molecular flexibility index (Phi) is 8.98. The number of benzene rings is 2. The summed E-state index contributed by atoms with van der Waals surface area (Å²) in [6.45, 7) is 3.28. The Morgan fingerprint density at radius 3 is 2.65 bits per heavy atom. The van der Waals surface area contributed by atoms with E-state index in [0.29, 0.717) is 25.5 Å². The lowest BCUT2D eigenvalue weighted by atomic mass is 10.2. The number of nitro benzene ring substituents is 1. The second-order valence-corrected chi connectivity index (χ2v) is 9.04. The number of hydrazone groups is 1. The quantitative estimate of drug-likeness (QED) is 0.204. The number of rotatable bonds is 8. The van der Waals surface area contributed by atoms with E-state index in [9.17, 15) is 14.9 Å². The summed E-state index contributed by atoms with van der Waals surface area (Å²) in [5.74, 6) is 0.528. The molecule has 0 aromatic heterocycles. The molecule has 2 aromatic carbocycles. The second kappa shape index (κ2) is 11.7. The van der Waals surface area contributed by atoms with Crippen LogP contribution >= 0.6 is 45.2 Å². The van der Waals surface area contributed by atoms with Gasteiger partial charge in [-0.1, -0.05) is 12.1 Å². The Morgan fingerprint density at radius 2 is 1.97 bits per heavy atom. The van der Waals surface area contributed by atoms with Gasteiger partial charge in [-0.3, -0.25) is 19.8 Å². The molecule has 0 saturated carbocycles. The molecule has 9 nitrogen and oxygen atoms in total. The molecule has 2 aromatic rings. The fourth-order valence-electron chi connectivity index (χ4n) is 2.88. The maximum Gasteiger partial charge on any atom is 0.269 e. The zero-order valence-electron chi connectivity index (χ0n) is 16.4. The fraction of sp³-hybridized carbons (Fsp3) is 0.300. The summed E-state index contributed by atoms with van der Waals surface area (Å²) in [6.07, 6.45) is 1.59. The SMILES string of the molecule is O=C(CN1CCOCC1)N/N=C/c1cc(I)c(OCc2cccc([N+](=O)[O-])c2)c(I)c1. The minimum absolute atomic E-state index is 0.0349. The van der Waals surface area contributed by atoms with Crippen LogP contribution < -0.4 is 10.2 Å². The number of amides is 1. The molecule has 1 aliphatic heterocycles. The molecule has 0 bridgehead atoms. The van der Waals surface area contributed by atoms with E-state index in [4.69, 9.17) is 9.47 Å². The van der Waals surface area contributed by atoms with E-state index in [1.54, 1.807) is 18.3 Å². The number of hydrogen-bond acceptors (Lipinski definition) is 7. The summed E-state index contributed by atoms with van der Waals surface area (Å²) < 4.78 is 12.9. The van der Waals surface area contributed by atoms with Crippen LogP contribution in [-0.4, -0.2) is 54.8 Å². The maximum atomic E-state index is 12.0. The van der Waals surface area contributed by atoms with Crippen molar-refractivity contribution in [2.45, 2.75) is 6.61 Å². The maximum absolute atomic E-state index is 12.0. The molecule has 3 rings (SSSR count). The van der Waals surface area contributed by atoms with Gasteiger partial charge in [0.2, 0.25) is 0 Å². The van der Waals surface area contributed by atoms with Crippen LogP contribution in [0.2, 0.25) is 0 Å². The van der Waals surface area contributed by atoms with Gasteiger partial charge in [-0.05, 0) is 68.4 Å². The first-order valence-corrected chi connectivity index (χ1v) is 11.6. The molecule has 1 amide bonds. The van der Waals surface area contributed by atoms with Gasteiger partial charge in [0.25, 0.3) is 11.6 Å². The number of ether oxygens (including phenoxy) is 2. The van der Waals surface area contributed by atoms with Crippen molar-refractivity contribution < 1.29 is 19.2 Å². The first-order chi connectivity index (χ1) is 14.9. The third-order valence-electron chi connectivity index (χ3n) is 4.40. The van der Waals surface area contributed by atoms with Crippen molar-refractivity contribution >= 4 is 63.0 Å². The molecule has 164 valence electrons. The van der Waals surface area contributed by atoms with Crippen molar-refractivity contribution in [3.63, 3.8) is 0 Å². The van der Waals surface area contributed by atoms with Crippen LogP contribution in [-0.2, 0) is 16.1 Å². The summed E-state index contributed by atoms with van der Waals surface area (Å²) in [4.78, 5) is 24.5. The number of nitrogens with one attached hydrogen (secondary N) is 1. The van der Waals surface area contributed by atoms with Crippen LogP contribution in [0.4, 0.5) is 5.69 Å². The number of carbonyl (C=O) groups excluding carboxylic acids is 1. The highest BCUT2D eigenvalue weighted by atomic mass is 127. The number of nitrogens with zero attached hydrogens (tertiary/aromatic N) is 3. The monoisotopic (exact) mass is 650 g/mol. The van der Waals surface area contributed by atoms with Gasteiger partial charge in [-0.25, -0.2) is 5.43 Å². The average molecular weight is 650 g/mol.